The molecule has 194 valence electrons. The summed E-state index contributed by atoms with van der Waals surface area (Å²) in [5, 5.41) is 6.60. The van der Waals surface area contributed by atoms with E-state index in [9.17, 15) is 14.0 Å². The number of likely N-dealkylation sites (tertiary alicyclic amines) is 1. The van der Waals surface area contributed by atoms with Crippen LogP contribution in [0.1, 0.15) is 29.6 Å². The fraction of sp³-hybridized carbons (Fsp3) is 0.310. The van der Waals surface area contributed by atoms with E-state index in [1.807, 2.05) is 17.0 Å². The summed E-state index contributed by atoms with van der Waals surface area (Å²) < 4.78 is 14.8. The maximum absolute atomic E-state index is 14.8. The molecule has 2 fully saturated rings. The molecule has 1 saturated carbocycles. The monoisotopic (exact) mass is 512 g/mol. The van der Waals surface area contributed by atoms with E-state index >= 15 is 0 Å². The molecule has 4 atom stereocenters. The zero-order valence-electron chi connectivity index (χ0n) is 20.8. The fourth-order valence-electron chi connectivity index (χ4n) is 5.96. The molecule has 1 aliphatic heterocycles. The Morgan fingerprint density at radius 2 is 1.79 bits per heavy atom. The minimum absolute atomic E-state index is 0.00570. The summed E-state index contributed by atoms with van der Waals surface area (Å²) in [4.78, 5) is 36.2. The number of hydrogen-bond acceptors (Lipinski definition) is 6. The molecule has 2 aliphatic carbocycles. The van der Waals surface area contributed by atoms with Crippen molar-refractivity contribution in [2.75, 3.05) is 23.7 Å². The molecule has 0 spiro atoms. The van der Waals surface area contributed by atoms with Crippen LogP contribution in [0.2, 0.25) is 0 Å². The van der Waals surface area contributed by atoms with Crippen molar-refractivity contribution in [2.45, 2.75) is 25.3 Å². The van der Waals surface area contributed by atoms with Crippen LogP contribution in [0.15, 0.2) is 66.9 Å². The van der Waals surface area contributed by atoms with Gasteiger partial charge in [-0.3, -0.25) is 9.59 Å². The smallest absolute Gasteiger partial charge is 0.253 e. The van der Waals surface area contributed by atoms with Crippen LogP contribution in [0, 0.1) is 23.6 Å². The molecule has 38 heavy (non-hydrogen) atoms. The van der Waals surface area contributed by atoms with Gasteiger partial charge in [0.2, 0.25) is 11.9 Å². The Balaban J connectivity index is 1.32. The maximum atomic E-state index is 14.8. The van der Waals surface area contributed by atoms with E-state index in [0.717, 1.165) is 32.4 Å². The van der Waals surface area contributed by atoms with Crippen molar-refractivity contribution in [1.29, 1.82) is 0 Å². The van der Waals surface area contributed by atoms with Crippen LogP contribution < -0.4 is 16.4 Å². The van der Waals surface area contributed by atoms with Gasteiger partial charge < -0.3 is 21.3 Å². The summed E-state index contributed by atoms with van der Waals surface area (Å²) >= 11 is 0. The number of primary amides is 1. The van der Waals surface area contributed by atoms with Gasteiger partial charge >= 0.3 is 0 Å². The molecular weight excluding hydrogens is 483 g/mol. The van der Waals surface area contributed by atoms with Crippen molar-refractivity contribution in [3.8, 4) is 11.1 Å². The standard InChI is InChI=1S/C29H29FN6O2/c30-23-9-2-1-8-21(23)22-16-32-29(33-20-7-5-6-19(15-20)28(38)36-12-3-4-13-36)35-27(22)34-25-18-11-10-17(14-18)24(25)26(31)37/h1-2,5-11,15-18,24-25H,3-4,12-14H2,(H2,31,37)(H2,32,33,34,35). The van der Waals surface area contributed by atoms with Crippen molar-refractivity contribution in [3.63, 3.8) is 0 Å². The van der Waals surface area contributed by atoms with Crippen LogP contribution in [0.4, 0.5) is 21.8 Å². The molecule has 2 bridgehead atoms. The molecule has 3 aromatic rings. The summed E-state index contributed by atoms with van der Waals surface area (Å²) in [7, 11) is 0. The zero-order valence-corrected chi connectivity index (χ0v) is 20.8. The molecule has 3 aliphatic rings. The number of benzene rings is 2. The Morgan fingerprint density at radius 3 is 2.58 bits per heavy atom. The number of nitrogens with one attached hydrogen (secondary N) is 2. The first-order valence-electron chi connectivity index (χ1n) is 13.0. The second kappa shape index (κ2) is 9.89. The van der Waals surface area contributed by atoms with Gasteiger partial charge in [0.15, 0.2) is 0 Å². The van der Waals surface area contributed by atoms with Crippen LogP contribution in [0.25, 0.3) is 11.1 Å². The van der Waals surface area contributed by atoms with Crippen LogP contribution in [-0.4, -0.2) is 45.8 Å². The Bertz CT molecular complexity index is 1420. The molecule has 2 aromatic carbocycles. The number of anilines is 3. The number of carbonyl (C=O) groups excluding carboxylic acids is 2. The van der Waals surface area contributed by atoms with E-state index in [4.69, 9.17) is 10.7 Å². The molecule has 4 unspecified atom stereocenters. The Kier molecular flexibility index (Phi) is 6.27. The van der Waals surface area contributed by atoms with Gasteiger partial charge in [-0.25, -0.2) is 9.37 Å². The quantitative estimate of drug-likeness (QED) is 0.406. The first-order chi connectivity index (χ1) is 18.5. The summed E-state index contributed by atoms with van der Waals surface area (Å²) in [6.45, 7) is 1.55. The first-order valence-corrected chi connectivity index (χ1v) is 13.0. The van der Waals surface area contributed by atoms with Gasteiger partial charge in [-0.1, -0.05) is 36.4 Å². The van der Waals surface area contributed by atoms with E-state index in [1.165, 1.54) is 6.07 Å². The number of fused-ring (bicyclic) bond motifs is 2. The normalized spacial score (nSPS) is 23.6. The average molecular weight is 513 g/mol. The average Bonchev–Trinajstić information content (AvgIpc) is 3.68. The van der Waals surface area contributed by atoms with Crippen molar-refractivity contribution < 1.29 is 14.0 Å². The highest BCUT2D eigenvalue weighted by Crippen LogP contribution is 2.45. The predicted octanol–water partition coefficient (Wildman–Crippen LogP) is 4.35. The molecule has 6 rings (SSSR count). The third-order valence-electron chi connectivity index (χ3n) is 7.80. The SMILES string of the molecule is NC(=O)C1C2C=CC(C2)C1Nc1nc(Nc2cccc(C(=O)N3CCCC3)c2)ncc1-c1ccccc1F. The Hall–Kier alpha value is -4.27. The van der Waals surface area contributed by atoms with Crippen LogP contribution in [0.5, 0.6) is 0 Å². The molecule has 4 N–H and O–H groups in total. The number of allylic oxidation sites excluding steroid dienone is 1. The number of hydrogen-bond donors (Lipinski definition) is 3. The number of rotatable bonds is 7. The molecule has 8 nitrogen and oxygen atoms in total. The van der Waals surface area contributed by atoms with E-state index in [2.05, 4.69) is 27.8 Å². The molecule has 1 aromatic heterocycles. The predicted molar refractivity (Wildman–Crippen MR) is 143 cm³/mol. The molecule has 9 heteroatoms. The van der Waals surface area contributed by atoms with Gasteiger partial charge in [-0.2, -0.15) is 4.98 Å². The van der Waals surface area contributed by atoms with Gasteiger partial charge in [0.05, 0.1) is 5.92 Å². The fourth-order valence-corrected chi connectivity index (χ4v) is 5.96. The van der Waals surface area contributed by atoms with Crippen LogP contribution >= 0.6 is 0 Å². The van der Waals surface area contributed by atoms with E-state index in [0.29, 0.717) is 28.2 Å². The Morgan fingerprint density at radius 1 is 1.00 bits per heavy atom. The van der Waals surface area contributed by atoms with E-state index < -0.39 is 5.82 Å². The van der Waals surface area contributed by atoms with Crippen molar-refractivity contribution >= 4 is 29.3 Å². The largest absolute Gasteiger partial charge is 0.369 e. The van der Waals surface area contributed by atoms with Gasteiger partial charge in [0.25, 0.3) is 5.91 Å². The zero-order chi connectivity index (χ0) is 26.2. The molecule has 0 radical (unpaired) electrons. The number of nitrogens with two attached hydrogens (primary N) is 1. The summed E-state index contributed by atoms with van der Waals surface area (Å²) in [5.41, 5.74) is 7.87. The van der Waals surface area contributed by atoms with Gasteiger partial charge in [0, 0.05) is 47.7 Å². The lowest BCUT2D eigenvalue weighted by Gasteiger charge is -2.28. The highest BCUT2D eigenvalue weighted by molar-refractivity contribution is 5.95. The van der Waals surface area contributed by atoms with Crippen LogP contribution in [-0.2, 0) is 4.79 Å². The van der Waals surface area contributed by atoms with Gasteiger partial charge in [-0.05, 0) is 55.4 Å². The molecule has 2 heterocycles. The minimum Gasteiger partial charge on any atom is -0.369 e. The number of nitrogens with zero attached hydrogens (tertiary/aromatic N) is 3. The molecule has 2 amide bonds. The molecular formula is C29H29FN6O2. The van der Waals surface area contributed by atoms with Crippen molar-refractivity contribution in [3.05, 3.63) is 78.3 Å². The summed E-state index contributed by atoms with van der Waals surface area (Å²) in [5.74, 6) is -0.218. The van der Waals surface area contributed by atoms with E-state index in [1.54, 1.807) is 36.5 Å². The second-order valence-electron chi connectivity index (χ2n) is 10.2. The highest BCUT2D eigenvalue weighted by Gasteiger charge is 2.47. The summed E-state index contributed by atoms with van der Waals surface area (Å²) in [6.07, 6.45) is 8.62. The second-order valence-corrected chi connectivity index (χ2v) is 10.2. The lowest BCUT2D eigenvalue weighted by molar-refractivity contribution is -0.122. The summed E-state index contributed by atoms with van der Waals surface area (Å²) in [6, 6.07) is 13.4. The first kappa shape index (κ1) is 24.1. The minimum atomic E-state index is -0.396. The Labute approximate surface area is 220 Å². The number of halogens is 1. The highest BCUT2D eigenvalue weighted by atomic mass is 19.1. The third kappa shape index (κ3) is 4.49. The van der Waals surface area contributed by atoms with Crippen LogP contribution in [0.3, 0.4) is 0 Å². The topological polar surface area (TPSA) is 113 Å². The van der Waals surface area contributed by atoms with Gasteiger partial charge in [-0.15, -0.1) is 0 Å². The van der Waals surface area contributed by atoms with Crippen molar-refractivity contribution in [1.82, 2.24) is 14.9 Å². The van der Waals surface area contributed by atoms with Crippen molar-refractivity contribution in [2.24, 2.45) is 23.5 Å². The number of amides is 2. The lowest BCUT2D eigenvalue weighted by atomic mass is 9.88. The maximum Gasteiger partial charge on any atom is 0.253 e. The number of carbonyl (C=O) groups is 2. The third-order valence-corrected chi connectivity index (χ3v) is 7.80. The van der Waals surface area contributed by atoms with Gasteiger partial charge in [0.1, 0.15) is 11.6 Å². The molecule has 1 saturated heterocycles. The number of aromatic nitrogens is 2. The lowest BCUT2D eigenvalue weighted by Crippen LogP contribution is -2.41. The van der Waals surface area contributed by atoms with E-state index in [-0.39, 0.29) is 41.6 Å².